The Kier molecular flexibility index (Phi) is 8.40. The van der Waals surface area contributed by atoms with Crippen LogP contribution in [0.25, 0.3) is 0 Å². The highest BCUT2D eigenvalue weighted by atomic mass is 16.6. The normalized spacial score (nSPS) is 21.5. The second kappa shape index (κ2) is 11.5. The number of pyridine rings is 1. The van der Waals surface area contributed by atoms with E-state index in [1.54, 1.807) is 11.0 Å². The number of anilines is 1. The number of piperidine rings is 2. The monoisotopic (exact) mass is 504 g/mol. The Hall–Kier alpha value is -2.79. The number of likely N-dealkylation sites (tertiary alicyclic amines) is 1. The number of oxime groups is 1. The second-order valence-electron chi connectivity index (χ2n) is 10.7. The van der Waals surface area contributed by atoms with E-state index in [-0.39, 0.29) is 18.0 Å². The minimum absolute atomic E-state index is 0.0499. The van der Waals surface area contributed by atoms with Crippen molar-refractivity contribution in [3.05, 3.63) is 17.8 Å². The lowest BCUT2D eigenvalue weighted by Crippen LogP contribution is -2.49. The minimum atomic E-state index is -0.515. The first kappa shape index (κ1) is 26.3. The molecular formula is C25H40N6O5. The molecule has 36 heavy (non-hydrogen) atoms. The molecule has 4 heterocycles. The molecule has 0 unspecified atom stereocenters. The molecule has 0 aliphatic carbocycles. The molecule has 0 atom stereocenters. The molecule has 1 aromatic rings. The molecule has 200 valence electrons. The van der Waals surface area contributed by atoms with Gasteiger partial charge >= 0.3 is 6.09 Å². The summed E-state index contributed by atoms with van der Waals surface area (Å²) in [5.41, 5.74) is 5.77. The highest BCUT2D eigenvalue weighted by molar-refractivity contribution is 5.96. The van der Waals surface area contributed by atoms with Crippen LogP contribution in [-0.2, 0) is 9.47 Å². The fourth-order valence-electron chi connectivity index (χ4n) is 4.98. The summed E-state index contributed by atoms with van der Waals surface area (Å²) >= 11 is 0. The van der Waals surface area contributed by atoms with Crippen molar-refractivity contribution >= 4 is 17.7 Å². The first-order chi connectivity index (χ1) is 17.2. The number of hydrogen-bond donors (Lipinski definition) is 2. The number of morpholine rings is 1. The van der Waals surface area contributed by atoms with Gasteiger partial charge in [-0.25, -0.2) is 9.78 Å². The zero-order valence-electron chi connectivity index (χ0n) is 21.7. The van der Waals surface area contributed by atoms with Crippen LogP contribution in [0, 0.1) is 0 Å². The summed E-state index contributed by atoms with van der Waals surface area (Å²) in [7, 11) is 0. The van der Waals surface area contributed by atoms with Crippen molar-refractivity contribution in [3.8, 4) is 5.75 Å². The van der Waals surface area contributed by atoms with Crippen LogP contribution in [0.1, 0.15) is 52.1 Å². The predicted octanol–water partition coefficient (Wildman–Crippen LogP) is 2.26. The zero-order valence-corrected chi connectivity index (χ0v) is 21.7. The lowest BCUT2D eigenvalue weighted by Gasteiger charge is -2.40. The molecule has 3 saturated heterocycles. The molecule has 3 N–H and O–H groups in total. The number of carbonyl (C=O) groups is 1. The van der Waals surface area contributed by atoms with E-state index in [1.807, 2.05) is 26.8 Å². The summed E-state index contributed by atoms with van der Waals surface area (Å²) < 4.78 is 17.3. The molecule has 3 fully saturated rings. The van der Waals surface area contributed by atoms with Gasteiger partial charge in [-0.15, -0.1) is 0 Å². The predicted molar refractivity (Wildman–Crippen MR) is 136 cm³/mol. The van der Waals surface area contributed by atoms with Crippen molar-refractivity contribution in [2.24, 2.45) is 10.9 Å². The summed E-state index contributed by atoms with van der Waals surface area (Å²) in [5.74, 6) is 1.35. The summed E-state index contributed by atoms with van der Waals surface area (Å²) in [6.07, 6.45) is 3.15. The molecule has 0 spiro atoms. The average molecular weight is 505 g/mol. The lowest BCUT2D eigenvalue weighted by atomic mass is 10.0. The van der Waals surface area contributed by atoms with Crippen LogP contribution in [0.3, 0.4) is 0 Å². The van der Waals surface area contributed by atoms with Crippen LogP contribution in [0.2, 0.25) is 0 Å². The summed E-state index contributed by atoms with van der Waals surface area (Å²) in [6.45, 7) is 12.1. The number of amides is 1. The number of hydrogen-bond acceptors (Lipinski definition) is 9. The van der Waals surface area contributed by atoms with Crippen LogP contribution >= 0.6 is 0 Å². The molecule has 0 bridgehead atoms. The number of rotatable bonds is 5. The van der Waals surface area contributed by atoms with E-state index in [0.29, 0.717) is 43.4 Å². The van der Waals surface area contributed by atoms with Gasteiger partial charge in [-0.3, -0.25) is 4.90 Å². The zero-order chi connectivity index (χ0) is 25.7. The van der Waals surface area contributed by atoms with Gasteiger partial charge in [0.1, 0.15) is 29.0 Å². The minimum Gasteiger partial charge on any atom is -0.490 e. The highest BCUT2D eigenvalue weighted by Gasteiger charge is 2.29. The molecule has 11 nitrogen and oxygen atoms in total. The van der Waals surface area contributed by atoms with Gasteiger partial charge in [0, 0.05) is 70.3 Å². The topological polar surface area (TPSA) is 126 Å². The van der Waals surface area contributed by atoms with E-state index in [9.17, 15) is 10.0 Å². The van der Waals surface area contributed by atoms with E-state index in [2.05, 4.69) is 19.9 Å². The number of carbonyl (C=O) groups excluding carboxylic acids is 1. The van der Waals surface area contributed by atoms with Crippen molar-refractivity contribution in [1.29, 1.82) is 0 Å². The molecule has 0 radical (unpaired) electrons. The van der Waals surface area contributed by atoms with E-state index in [4.69, 9.17) is 19.9 Å². The van der Waals surface area contributed by atoms with Gasteiger partial charge in [0.05, 0.1) is 13.2 Å². The quantitative estimate of drug-likeness (QED) is 0.269. The number of amidine groups is 1. The van der Waals surface area contributed by atoms with Gasteiger partial charge in [0.15, 0.2) is 5.84 Å². The molecule has 3 aliphatic heterocycles. The van der Waals surface area contributed by atoms with E-state index in [0.717, 1.165) is 58.1 Å². The molecule has 3 aliphatic rings. The first-order valence-electron chi connectivity index (χ1n) is 12.9. The number of nitrogens with zero attached hydrogens (tertiary/aromatic N) is 5. The summed E-state index contributed by atoms with van der Waals surface area (Å²) in [6, 6.07) is 4.20. The number of nitrogens with two attached hydrogens (primary N) is 1. The van der Waals surface area contributed by atoms with E-state index >= 15 is 0 Å². The molecular weight excluding hydrogens is 464 g/mol. The molecule has 4 rings (SSSR count). The Bertz CT molecular complexity index is 914. The van der Waals surface area contributed by atoms with Crippen LogP contribution in [0.5, 0.6) is 5.75 Å². The smallest absolute Gasteiger partial charge is 0.410 e. The standard InChI is InChI=1S/C25H40N6O5/c1-25(2,3)36-24(32)31-10-6-19(7-11-31)35-20-16-21(23(26)28-33)27-22(17-20)30-8-4-18(5-9-30)29-12-14-34-15-13-29/h16-19,33H,4-15H2,1-3H3,(H2,26,28). The molecule has 0 aromatic carbocycles. The van der Waals surface area contributed by atoms with Gasteiger partial charge in [0.25, 0.3) is 0 Å². The summed E-state index contributed by atoms with van der Waals surface area (Å²) in [4.78, 5) is 23.5. The first-order valence-corrected chi connectivity index (χ1v) is 12.9. The molecule has 11 heteroatoms. The third-order valence-corrected chi connectivity index (χ3v) is 6.90. The van der Waals surface area contributed by atoms with Crippen molar-refractivity contribution in [3.63, 3.8) is 0 Å². The number of aromatic nitrogens is 1. The average Bonchev–Trinajstić information content (AvgIpc) is 2.88. The largest absolute Gasteiger partial charge is 0.490 e. The van der Waals surface area contributed by atoms with Crippen LogP contribution in [0.4, 0.5) is 10.6 Å². The van der Waals surface area contributed by atoms with Crippen molar-refractivity contribution in [2.75, 3.05) is 57.4 Å². The van der Waals surface area contributed by atoms with Crippen molar-refractivity contribution < 1.29 is 24.2 Å². The van der Waals surface area contributed by atoms with Crippen LogP contribution in [-0.4, -0.2) is 102 Å². The highest BCUT2D eigenvalue weighted by Crippen LogP contribution is 2.28. The van der Waals surface area contributed by atoms with Crippen molar-refractivity contribution in [2.45, 2.75) is 64.2 Å². The fourth-order valence-corrected chi connectivity index (χ4v) is 4.98. The van der Waals surface area contributed by atoms with Crippen LogP contribution in [0.15, 0.2) is 17.3 Å². The maximum Gasteiger partial charge on any atom is 0.410 e. The SMILES string of the molecule is CC(C)(C)OC(=O)N1CCC(Oc2cc(/C(N)=N/O)nc(N3CCC(N4CCOCC4)CC3)c2)CC1. The van der Waals surface area contributed by atoms with Crippen LogP contribution < -0.4 is 15.4 Å². The number of ether oxygens (including phenoxy) is 3. The van der Waals surface area contributed by atoms with Crippen molar-refractivity contribution in [1.82, 2.24) is 14.8 Å². The molecule has 1 aromatic heterocycles. The van der Waals surface area contributed by atoms with Gasteiger partial charge in [-0.1, -0.05) is 5.16 Å². The van der Waals surface area contributed by atoms with Gasteiger partial charge in [-0.05, 0) is 33.6 Å². The third-order valence-electron chi connectivity index (χ3n) is 6.90. The van der Waals surface area contributed by atoms with Gasteiger partial charge in [-0.2, -0.15) is 0 Å². The Morgan fingerprint density at radius 2 is 1.75 bits per heavy atom. The summed E-state index contributed by atoms with van der Waals surface area (Å²) in [5, 5.41) is 12.4. The van der Waals surface area contributed by atoms with Gasteiger partial charge in [0.2, 0.25) is 0 Å². The molecule has 1 amide bonds. The lowest BCUT2D eigenvalue weighted by molar-refractivity contribution is 0.0114. The maximum atomic E-state index is 12.4. The molecule has 0 saturated carbocycles. The Morgan fingerprint density at radius 1 is 1.08 bits per heavy atom. The second-order valence-corrected chi connectivity index (χ2v) is 10.7. The maximum absolute atomic E-state index is 12.4. The third kappa shape index (κ3) is 6.91. The Morgan fingerprint density at radius 3 is 2.36 bits per heavy atom. The van der Waals surface area contributed by atoms with E-state index in [1.165, 1.54) is 0 Å². The van der Waals surface area contributed by atoms with Gasteiger partial charge < -0.3 is 35.0 Å². The Labute approximate surface area is 213 Å². The Balaban J connectivity index is 1.38. The van der Waals surface area contributed by atoms with E-state index < -0.39 is 5.60 Å². The fraction of sp³-hybridized carbons (Fsp3) is 0.720.